The predicted octanol–water partition coefficient (Wildman–Crippen LogP) is 4.10. The van der Waals surface area contributed by atoms with Crippen LogP contribution in [0.5, 0.6) is 0 Å². The molecule has 1 fully saturated rings. The molecule has 1 aromatic rings. The van der Waals surface area contributed by atoms with Crippen molar-refractivity contribution >= 4 is 0 Å². The second-order valence-corrected chi connectivity index (χ2v) is 6.56. The molecule has 0 radical (unpaired) electrons. The van der Waals surface area contributed by atoms with E-state index in [1.54, 1.807) is 11.1 Å². The van der Waals surface area contributed by atoms with E-state index in [4.69, 9.17) is 0 Å². The minimum atomic E-state index is 0.701. The van der Waals surface area contributed by atoms with Crippen LogP contribution in [0.4, 0.5) is 0 Å². The van der Waals surface area contributed by atoms with E-state index in [1.807, 2.05) is 0 Å². The van der Waals surface area contributed by atoms with E-state index in [1.165, 1.54) is 51.4 Å². The molecule has 1 unspecified atom stereocenters. The lowest BCUT2D eigenvalue weighted by Gasteiger charge is -2.34. The molecule has 0 spiro atoms. The highest BCUT2D eigenvalue weighted by molar-refractivity contribution is 5.30. The first-order chi connectivity index (χ1) is 9.33. The number of fused-ring (bicyclic) bond motifs is 1. The van der Waals surface area contributed by atoms with Crippen LogP contribution in [0.1, 0.15) is 56.6 Å². The van der Waals surface area contributed by atoms with Gasteiger partial charge in [0.05, 0.1) is 0 Å². The van der Waals surface area contributed by atoms with Gasteiger partial charge in [-0.05, 0) is 56.1 Å². The second-order valence-electron chi connectivity index (χ2n) is 6.56. The maximum absolute atomic E-state index is 3.93. The highest BCUT2D eigenvalue weighted by Gasteiger charge is 2.24. The summed E-state index contributed by atoms with van der Waals surface area (Å²) in [6, 6.07) is 10.4. The summed E-state index contributed by atoms with van der Waals surface area (Å²) in [6.07, 6.45) is 11.0. The first kappa shape index (κ1) is 13.2. The summed E-state index contributed by atoms with van der Waals surface area (Å²) >= 11 is 0. The molecular formula is C18H27N. The molecule has 1 saturated carbocycles. The van der Waals surface area contributed by atoms with Crippen molar-refractivity contribution in [2.75, 3.05) is 0 Å². The SMILES string of the molecule is C[C@@H](NC1CCc2ccccc2C1)C1CCCCC1. The molecule has 0 saturated heterocycles. The van der Waals surface area contributed by atoms with Gasteiger partial charge in [-0.25, -0.2) is 0 Å². The Morgan fingerprint density at radius 1 is 1.00 bits per heavy atom. The third kappa shape index (κ3) is 3.20. The lowest BCUT2D eigenvalue weighted by molar-refractivity contribution is 0.257. The van der Waals surface area contributed by atoms with Gasteiger partial charge in [0, 0.05) is 12.1 Å². The van der Waals surface area contributed by atoms with E-state index in [2.05, 4.69) is 36.5 Å². The fourth-order valence-corrected chi connectivity index (χ4v) is 3.98. The zero-order valence-corrected chi connectivity index (χ0v) is 12.2. The average Bonchev–Trinajstić information content (AvgIpc) is 2.48. The van der Waals surface area contributed by atoms with Crippen LogP contribution in [0.3, 0.4) is 0 Å². The van der Waals surface area contributed by atoms with Gasteiger partial charge in [-0.3, -0.25) is 0 Å². The van der Waals surface area contributed by atoms with Crippen LogP contribution in [0.15, 0.2) is 24.3 Å². The Labute approximate surface area is 117 Å². The molecule has 2 atom stereocenters. The summed E-state index contributed by atoms with van der Waals surface area (Å²) in [5, 5.41) is 3.93. The zero-order chi connectivity index (χ0) is 13.1. The molecule has 3 rings (SSSR count). The molecule has 0 bridgehead atoms. The van der Waals surface area contributed by atoms with Gasteiger partial charge in [-0.15, -0.1) is 0 Å². The van der Waals surface area contributed by atoms with Crippen molar-refractivity contribution in [2.45, 2.75) is 70.4 Å². The molecule has 1 nitrogen and oxygen atoms in total. The van der Waals surface area contributed by atoms with E-state index in [-0.39, 0.29) is 0 Å². The second kappa shape index (κ2) is 6.09. The van der Waals surface area contributed by atoms with E-state index < -0.39 is 0 Å². The average molecular weight is 257 g/mol. The van der Waals surface area contributed by atoms with Crippen molar-refractivity contribution in [3.63, 3.8) is 0 Å². The normalized spacial score (nSPS) is 25.8. The van der Waals surface area contributed by atoms with Crippen molar-refractivity contribution in [1.82, 2.24) is 5.32 Å². The highest BCUT2D eigenvalue weighted by Crippen LogP contribution is 2.28. The Morgan fingerprint density at radius 3 is 2.53 bits per heavy atom. The largest absolute Gasteiger partial charge is 0.311 e. The molecule has 0 aromatic heterocycles. The number of rotatable bonds is 3. The topological polar surface area (TPSA) is 12.0 Å². The third-order valence-electron chi connectivity index (χ3n) is 5.20. The van der Waals surface area contributed by atoms with E-state index in [0.29, 0.717) is 12.1 Å². The summed E-state index contributed by atoms with van der Waals surface area (Å²) in [5.41, 5.74) is 3.15. The fraction of sp³-hybridized carbons (Fsp3) is 0.667. The molecule has 19 heavy (non-hydrogen) atoms. The fourth-order valence-electron chi connectivity index (χ4n) is 3.98. The number of benzene rings is 1. The van der Waals surface area contributed by atoms with Crippen LogP contribution in [-0.4, -0.2) is 12.1 Å². The van der Waals surface area contributed by atoms with E-state index in [9.17, 15) is 0 Å². The first-order valence-electron chi connectivity index (χ1n) is 8.16. The maximum atomic E-state index is 3.93. The van der Waals surface area contributed by atoms with Gasteiger partial charge in [0.15, 0.2) is 0 Å². The van der Waals surface area contributed by atoms with Gasteiger partial charge in [-0.2, -0.15) is 0 Å². The first-order valence-corrected chi connectivity index (χ1v) is 8.16. The Hall–Kier alpha value is -0.820. The smallest absolute Gasteiger partial charge is 0.0113 e. The molecular weight excluding hydrogens is 230 g/mol. The van der Waals surface area contributed by atoms with Crippen LogP contribution >= 0.6 is 0 Å². The molecule has 1 N–H and O–H groups in total. The summed E-state index contributed by atoms with van der Waals surface area (Å²) in [5.74, 6) is 0.922. The molecule has 1 heteroatoms. The van der Waals surface area contributed by atoms with E-state index in [0.717, 1.165) is 5.92 Å². The molecule has 104 valence electrons. The number of nitrogens with one attached hydrogen (secondary N) is 1. The summed E-state index contributed by atoms with van der Waals surface area (Å²) in [6.45, 7) is 2.41. The quantitative estimate of drug-likeness (QED) is 0.859. The van der Waals surface area contributed by atoms with Crippen LogP contribution in [0, 0.1) is 5.92 Å². The monoisotopic (exact) mass is 257 g/mol. The predicted molar refractivity (Wildman–Crippen MR) is 81.4 cm³/mol. The van der Waals surface area contributed by atoms with E-state index >= 15 is 0 Å². The van der Waals surface area contributed by atoms with Gasteiger partial charge >= 0.3 is 0 Å². The van der Waals surface area contributed by atoms with Crippen LogP contribution < -0.4 is 5.32 Å². The third-order valence-corrected chi connectivity index (χ3v) is 5.20. The molecule has 2 aliphatic carbocycles. The standard InChI is InChI=1S/C18H27N/c1-14(15-7-3-2-4-8-15)19-18-12-11-16-9-5-6-10-17(16)13-18/h5-6,9-10,14-15,18-19H,2-4,7-8,11-13H2,1H3/t14-,18?/m1/s1. The summed E-state index contributed by atoms with van der Waals surface area (Å²) in [4.78, 5) is 0. The van der Waals surface area contributed by atoms with Crippen LogP contribution in [0.25, 0.3) is 0 Å². The lowest BCUT2D eigenvalue weighted by Crippen LogP contribution is -2.44. The molecule has 0 heterocycles. The van der Waals surface area contributed by atoms with Crippen LogP contribution in [-0.2, 0) is 12.8 Å². The van der Waals surface area contributed by atoms with Gasteiger partial charge in [-0.1, -0.05) is 43.5 Å². The van der Waals surface area contributed by atoms with Gasteiger partial charge in [0.25, 0.3) is 0 Å². The molecule has 2 aliphatic rings. The van der Waals surface area contributed by atoms with Gasteiger partial charge in [0.2, 0.25) is 0 Å². The molecule has 0 amide bonds. The van der Waals surface area contributed by atoms with Crippen molar-refractivity contribution in [1.29, 1.82) is 0 Å². The zero-order valence-electron chi connectivity index (χ0n) is 12.2. The minimum absolute atomic E-state index is 0.701. The van der Waals surface area contributed by atoms with Gasteiger partial charge in [0.1, 0.15) is 0 Å². The Bertz CT molecular complexity index is 406. The van der Waals surface area contributed by atoms with Crippen molar-refractivity contribution in [3.05, 3.63) is 35.4 Å². The van der Waals surface area contributed by atoms with Gasteiger partial charge < -0.3 is 5.32 Å². The summed E-state index contributed by atoms with van der Waals surface area (Å²) < 4.78 is 0. The number of hydrogen-bond acceptors (Lipinski definition) is 1. The number of aryl methyl sites for hydroxylation is 1. The minimum Gasteiger partial charge on any atom is -0.311 e. The Morgan fingerprint density at radius 2 is 1.74 bits per heavy atom. The van der Waals surface area contributed by atoms with Crippen molar-refractivity contribution in [3.8, 4) is 0 Å². The van der Waals surface area contributed by atoms with Crippen LogP contribution in [0.2, 0.25) is 0 Å². The van der Waals surface area contributed by atoms with Crippen molar-refractivity contribution in [2.24, 2.45) is 5.92 Å². The molecule has 1 aromatic carbocycles. The Kier molecular flexibility index (Phi) is 4.22. The lowest BCUT2D eigenvalue weighted by atomic mass is 9.83. The van der Waals surface area contributed by atoms with Crippen molar-refractivity contribution < 1.29 is 0 Å². The summed E-state index contributed by atoms with van der Waals surface area (Å²) in [7, 11) is 0. The highest BCUT2D eigenvalue weighted by atomic mass is 15.0. The number of hydrogen-bond donors (Lipinski definition) is 1. The maximum Gasteiger partial charge on any atom is 0.0113 e. The Balaban J connectivity index is 1.56. The molecule has 0 aliphatic heterocycles.